The van der Waals surface area contributed by atoms with Gasteiger partial charge in [-0.1, -0.05) is 11.6 Å². The van der Waals surface area contributed by atoms with Crippen LogP contribution < -0.4 is 0 Å². The molecule has 0 saturated carbocycles. The van der Waals surface area contributed by atoms with E-state index in [1.165, 1.54) is 12.1 Å². The van der Waals surface area contributed by atoms with Crippen molar-refractivity contribution in [3.05, 3.63) is 34.1 Å². The van der Waals surface area contributed by atoms with Crippen molar-refractivity contribution in [3.8, 4) is 0 Å². The highest BCUT2D eigenvalue weighted by Gasteiger charge is 2.23. The summed E-state index contributed by atoms with van der Waals surface area (Å²) in [5.74, 6) is -1.73. The number of aryl methyl sites for hydroxylation is 1. The molecular formula is C10H10ClFO3. The predicted octanol–water partition coefficient (Wildman–Crippen LogP) is 1.99. The Kier molecular flexibility index (Phi) is 3.66. The molecule has 1 rings (SSSR count). The van der Waals surface area contributed by atoms with Crippen LogP contribution in [0.2, 0.25) is 5.02 Å². The Bertz CT molecular complexity index is 392. The molecule has 5 heteroatoms. The first-order valence-corrected chi connectivity index (χ1v) is 4.56. The fourth-order valence-corrected chi connectivity index (χ4v) is 1.47. The Morgan fingerprint density at radius 2 is 2.20 bits per heavy atom. The van der Waals surface area contributed by atoms with E-state index in [0.29, 0.717) is 5.56 Å². The minimum Gasteiger partial charge on any atom is -0.467 e. The van der Waals surface area contributed by atoms with E-state index in [2.05, 4.69) is 4.74 Å². The molecule has 1 aromatic rings. The molecule has 0 aliphatic rings. The SMILES string of the molecule is COC(=O)C(O)c1cc(C)cc(Cl)c1F. The molecule has 0 spiro atoms. The second-order valence-corrected chi connectivity index (χ2v) is 3.48. The summed E-state index contributed by atoms with van der Waals surface area (Å²) < 4.78 is 17.7. The maximum absolute atomic E-state index is 13.4. The second-order valence-electron chi connectivity index (χ2n) is 3.08. The maximum atomic E-state index is 13.4. The lowest BCUT2D eigenvalue weighted by atomic mass is 10.1. The fraction of sp³-hybridized carbons (Fsp3) is 0.300. The Balaban J connectivity index is 3.19. The molecule has 15 heavy (non-hydrogen) atoms. The van der Waals surface area contributed by atoms with Crippen molar-refractivity contribution in [2.75, 3.05) is 7.11 Å². The number of esters is 1. The molecule has 1 unspecified atom stereocenters. The monoisotopic (exact) mass is 232 g/mol. The number of halogens is 2. The highest BCUT2D eigenvalue weighted by atomic mass is 35.5. The summed E-state index contributed by atoms with van der Waals surface area (Å²) in [4.78, 5) is 11.0. The van der Waals surface area contributed by atoms with Crippen LogP contribution in [0.25, 0.3) is 0 Å². The van der Waals surface area contributed by atoms with E-state index >= 15 is 0 Å². The molecule has 3 nitrogen and oxygen atoms in total. The molecule has 0 fully saturated rings. The van der Waals surface area contributed by atoms with Crippen molar-refractivity contribution in [2.45, 2.75) is 13.0 Å². The number of hydrogen-bond acceptors (Lipinski definition) is 3. The van der Waals surface area contributed by atoms with Gasteiger partial charge in [0.2, 0.25) is 0 Å². The fourth-order valence-electron chi connectivity index (χ4n) is 1.19. The van der Waals surface area contributed by atoms with Crippen LogP contribution in [-0.2, 0) is 9.53 Å². The van der Waals surface area contributed by atoms with Crippen molar-refractivity contribution in [2.24, 2.45) is 0 Å². The van der Waals surface area contributed by atoms with Gasteiger partial charge in [-0.25, -0.2) is 9.18 Å². The number of aliphatic hydroxyl groups excluding tert-OH is 1. The molecule has 1 aromatic carbocycles. The number of rotatable bonds is 2. The molecule has 0 radical (unpaired) electrons. The standard InChI is InChI=1S/C10H10ClFO3/c1-5-3-6(8(12)7(11)4-5)9(13)10(14)15-2/h3-4,9,13H,1-2H3. The third-order valence-corrected chi connectivity index (χ3v) is 2.19. The number of hydrogen-bond donors (Lipinski definition) is 1. The van der Waals surface area contributed by atoms with Gasteiger partial charge in [-0.15, -0.1) is 0 Å². The van der Waals surface area contributed by atoms with E-state index in [0.717, 1.165) is 7.11 Å². The summed E-state index contributed by atoms with van der Waals surface area (Å²) in [5.41, 5.74) is 0.478. The van der Waals surface area contributed by atoms with Crippen LogP contribution in [0.1, 0.15) is 17.2 Å². The van der Waals surface area contributed by atoms with Gasteiger partial charge in [0.05, 0.1) is 12.1 Å². The molecule has 0 aliphatic carbocycles. The zero-order valence-electron chi connectivity index (χ0n) is 8.25. The van der Waals surface area contributed by atoms with Gasteiger partial charge in [-0.2, -0.15) is 0 Å². The molecule has 1 N–H and O–H groups in total. The van der Waals surface area contributed by atoms with Crippen molar-refractivity contribution in [1.29, 1.82) is 0 Å². The zero-order chi connectivity index (χ0) is 11.6. The number of ether oxygens (including phenoxy) is 1. The first-order valence-electron chi connectivity index (χ1n) is 4.18. The summed E-state index contributed by atoms with van der Waals surface area (Å²) in [7, 11) is 1.11. The van der Waals surface area contributed by atoms with Gasteiger partial charge in [-0.3, -0.25) is 0 Å². The highest BCUT2D eigenvalue weighted by molar-refractivity contribution is 6.30. The molecule has 0 heterocycles. The number of carbonyl (C=O) groups excluding carboxylic acids is 1. The van der Waals surface area contributed by atoms with Crippen LogP contribution in [-0.4, -0.2) is 18.2 Å². The van der Waals surface area contributed by atoms with Crippen LogP contribution in [0, 0.1) is 12.7 Å². The Hall–Kier alpha value is -1.13. The second kappa shape index (κ2) is 4.59. The molecule has 82 valence electrons. The third kappa shape index (κ3) is 2.46. The van der Waals surface area contributed by atoms with Crippen LogP contribution >= 0.6 is 11.6 Å². The Morgan fingerprint density at radius 3 is 2.73 bits per heavy atom. The number of aliphatic hydroxyl groups is 1. The minimum absolute atomic E-state index is 0.132. The quantitative estimate of drug-likeness (QED) is 0.794. The minimum atomic E-state index is -1.65. The zero-order valence-corrected chi connectivity index (χ0v) is 9.01. The van der Waals surface area contributed by atoms with Gasteiger partial charge in [0.25, 0.3) is 0 Å². The Morgan fingerprint density at radius 1 is 1.60 bits per heavy atom. The van der Waals surface area contributed by atoms with E-state index in [9.17, 15) is 14.3 Å². The largest absolute Gasteiger partial charge is 0.467 e. The van der Waals surface area contributed by atoms with Gasteiger partial charge < -0.3 is 9.84 Å². The molecule has 0 aromatic heterocycles. The topological polar surface area (TPSA) is 46.5 Å². The van der Waals surface area contributed by atoms with Crippen molar-refractivity contribution >= 4 is 17.6 Å². The molecule has 0 bridgehead atoms. The van der Waals surface area contributed by atoms with E-state index in [1.807, 2.05) is 0 Å². The van der Waals surface area contributed by atoms with Crippen molar-refractivity contribution in [1.82, 2.24) is 0 Å². The van der Waals surface area contributed by atoms with Crippen LogP contribution in [0.4, 0.5) is 4.39 Å². The number of methoxy groups -OCH3 is 1. The molecule has 1 atom stereocenters. The van der Waals surface area contributed by atoms with Crippen LogP contribution in [0.3, 0.4) is 0 Å². The summed E-state index contributed by atoms with van der Waals surface area (Å²) >= 11 is 5.57. The van der Waals surface area contributed by atoms with Crippen molar-refractivity contribution < 1.29 is 19.0 Å². The lowest BCUT2D eigenvalue weighted by molar-refractivity contribution is -0.150. The average molecular weight is 233 g/mol. The highest BCUT2D eigenvalue weighted by Crippen LogP contribution is 2.25. The summed E-state index contributed by atoms with van der Waals surface area (Å²) in [5, 5.41) is 9.31. The molecule has 0 aliphatic heterocycles. The van der Waals surface area contributed by atoms with E-state index in [4.69, 9.17) is 11.6 Å². The number of carbonyl (C=O) groups is 1. The molecule has 0 amide bonds. The lowest BCUT2D eigenvalue weighted by Crippen LogP contribution is -2.15. The number of benzene rings is 1. The molecule has 0 saturated heterocycles. The van der Waals surface area contributed by atoms with Gasteiger partial charge in [0.1, 0.15) is 5.82 Å². The van der Waals surface area contributed by atoms with Crippen molar-refractivity contribution in [3.63, 3.8) is 0 Å². The normalized spacial score (nSPS) is 12.3. The van der Waals surface area contributed by atoms with E-state index in [-0.39, 0.29) is 10.6 Å². The first-order chi connectivity index (χ1) is 6.97. The summed E-state index contributed by atoms with van der Waals surface area (Å²) in [6, 6.07) is 2.76. The van der Waals surface area contributed by atoms with Gasteiger partial charge in [0, 0.05) is 5.56 Å². The predicted molar refractivity (Wildman–Crippen MR) is 53.1 cm³/mol. The van der Waals surface area contributed by atoms with Gasteiger partial charge in [-0.05, 0) is 24.6 Å². The average Bonchev–Trinajstić information content (AvgIpc) is 2.21. The van der Waals surface area contributed by atoms with Crippen LogP contribution in [0.5, 0.6) is 0 Å². The summed E-state index contributed by atoms with van der Waals surface area (Å²) in [6.07, 6.45) is -1.65. The van der Waals surface area contributed by atoms with E-state index < -0.39 is 17.9 Å². The van der Waals surface area contributed by atoms with Crippen LogP contribution in [0.15, 0.2) is 12.1 Å². The molecular weight excluding hydrogens is 223 g/mol. The summed E-state index contributed by atoms with van der Waals surface area (Å²) in [6.45, 7) is 1.68. The van der Waals surface area contributed by atoms with E-state index in [1.54, 1.807) is 6.92 Å². The first kappa shape index (κ1) is 11.9. The lowest BCUT2D eigenvalue weighted by Gasteiger charge is -2.11. The third-order valence-electron chi connectivity index (χ3n) is 1.92. The van der Waals surface area contributed by atoms with Gasteiger partial charge in [0.15, 0.2) is 6.10 Å². The maximum Gasteiger partial charge on any atom is 0.339 e. The van der Waals surface area contributed by atoms with Gasteiger partial charge >= 0.3 is 5.97 Å². The Labute approximate surface area is 91.4 Å². The smallest absolute Gasteiger partial charge is 0.339 e.